The normalized spacial score (nSPS) is 10.3. The van der Waals surface area contributed by atoms with Crippen LogP contribution in [-0.2, 0) is 9.53 Å². The minimum Gasteiger partial charge on any atom is -0.486 e. The van der Waals surface area contributed by atoms with Gasteiger partial charge in [0.1, 0.15) is 44.6 Å². The number of carbonyl (C=O) groups is 3. The zero-order valence-electron chi connectivity index (χ0n) is 27.4. The highest BCUT2D eigenvalue weighted by molar-refractivity contribution is 5.94. The molecule has 0 spiro atoms. The molecule has 3 aromatic carbocycles. The molecule has 0 atom stereocenters. The molecule has 0 unspecified atom stereocenters. The van der Waals surface area contributed by atoms with Crippen molar-refractivity contribution in [3.8, 4) is 35.2 Å². The summed E-state index contributed by atoms with van der Waals surface area (Å²) in [6.45, 7) is 8.27. The second-order valence-corrected chi connectivity index (χ2v) is 11.4. The number of esters is 1. The number of ether oxygens (including phenoxy) is 3. The Hall–Kier alpha value is -4.89. The van der Waals surface area contributed by atoms with Gasteiger partial charge in [0.05, 0.1) is 58.5 Å². The first-order valence-electron chi connectivity index (χ1n) is 14.7. The third kappa shape index (κ3) is 12.7. The zero-order valence-corrected chi connectivity index (χ0v) is 27.4. The van der Waals surface area contributed by atoms with E-state index >= 15 is 0 Å². The van der Waals surface area contributed by atoms with Gasteiger partial charge in [0.25, 0.3) is 0 Å². The Morgan fingerprint density at radius 1 is 0.756 bits per heavy atom. The van der Waals surface area contributed by atoms with Crippen LogP contribution in [0.1, 0.15) is 56.8 Å². The molecule has 0 saturated heterocycles. The Kier molecular flexibility index (Phi) is 14.6. The van der Waals surface area contributed by atoms with Gasteiger partial charge in [0.2, 0.25) is 0 Å². The number of rotatable bonds is 11. The Balaban J connectivity index is 0.00000345. The number of hydrogen-bond acceptors (Lipinski definition) is 6. The number of nitrogens with zero attached hydrogens (tertiary/aromatic N) is 1. The van der Waals surface area contributed by atoms with Crippen LogP contribution in [0.5, 0.6) is 11.5 Å². The molecule has 0 bridgehead atoms. The number of Topliss-reactive ketones (excluding diaryl/α,β-unsaturated/α-hetero) is 1. The summed E-state index contributed by atoms with van der Waals surface area (Å²) in [7, 11) is 10.5. The molecule has 0 radical (unpaired) electrons. The molecule has 0 aliphatic heterocycles. The van der Waals surface area contributed by atoms with E-state index in [4.69, 9.17) is 19.0 Å². The lowest BCUT2D eigenvalue weighted by Crippen LogP contribution is -3.06. The maximum absolute atomic E-state index is 12.0. The fourth-order valence-electron chi connectivity index (χ4n) is 3.76. The van der Waals surface area contributed by atoms with Crippen molar-refractivity contribution >= 4 is 18.5 Å². The third-order valence-electron chi connectivity index (χ3n) is 6.33. The lowest BCUT2D eigenvalue weighted by atomic mass is 10.1. The first-order chi connectivity index (χ1) is 21.4. The van der Waals surface area contributed by atoms with Crippen LogP contribution in [0.25, 0.3) is 0 Å². The van der Waals surface area contributed by atoms with Crippen LogP contribution in [0.2, 0.25) is 0 Å². The van der Waals surface area contributed by atoms with Crippen LogP contribution >= 0.6 is 0 Å². The molecule has 0 heterocycles. The molecule has 8 heteroatoms. The minimum absolute atomic E-state index is 0.0143. The number of likely N-dealkylation sites (N-methyl/N-ethyl adjacent to an activating group) is 2. The van der Waals surface area contributed by atoms with Gasteiger partial charge in [-0.1, -0.05) is 35.8 Å². The Morgan fingerprint density at radius 3 is 1.64 bits per heavy atom. The molecular formula is C37H44N2O6+2. The molecule has 0 aromatic heterocycles. The van der Waals surface area contributed by atoms with Crippen LogP contribution in [0.3, 0.4) is 0 Å². The average Bonchev–Trinajstić information content (AvgIpc) is 3.00. The second kappa shape index (κ2) is 18.0. The SMILES string of the molecule is C=O.CCOC(=O)c1ccc(C#Cc2cc(OCC[N+](C)(C)C)c(C#Cc3ccc(C(C)=O)cc3)cc2OCC[NH+](C)C)cc1. The third-order valence-corrected chi connectivity index (χ3v) is 6.33. The molecule has 0 aliphatic rings. The van der Waals surface area contributed by atoms with Gasteiger partial charge in [-0.3, -0.25) is 4.79 Å². The number of carbonyl (C=O) groups excluding carboxylic acids is 3. The van der Waals surface area contributed by atoms with Crippen LogP contribution in [-0.4, -0.2) is 91.2 Å². The van der Waals surface area contributed by atoms with Gasteiger partial charge in [-0.25, -0.2) is 4.79 Å². The first-order valence-corrected chi connectivity index (χ1v) is 14.7. The van der Waals surface area contributed by atoms with Crippen LogP contribution < -0.4 is 14.4 Å². The van der Waals surface area contributed by atoms with E-state index in [0.717, 1.165) is 28.7 Å². The topological polar surface area (TPSA) is 83.3 Å². The lowest BCUT2D eigenvalue weighted by molar-refractivity contribution is -0.870. The predicted octanol–water partition coefficient (Wildman–Crippen LogP) is 3.29. The quantitative estimate of drug-likeness (QED) is 0.155. The number of nitrogens with one attached hydrogen (secondary N) is 1. The molecule has 0 amide bonds. The molecular weight excluding hydrogens is 568 g/mol. The maximum Gasteiger partial charge on any atom is 0.338 e. The van der Waals surface area contributed by atoms with Crippen molar-refractivity contribution < 1.29 is 38.0 Å². The van der Waals surface area contributed by atoms with Crippen LogP contribution in [0.4, 0.5) is 0 Å². The fraction of sp³-hybridized carbons (Fsp3) is 0.324. The summed E-state index contributed by atoms with van der Waals surface area (Å²) in [6, 6.07) is 18.0. The van der Waals surface area contributed by atoms with Crippen molar-refractivity contribution in [2.75, 3.05) is 68.1 Å². The standard InChI is InChI=1S/C36H41N2O5.CH2O/c1-8-41-36(40)31-17-11-29(12-18-31)14-19-32-26-35(43-24-22-38(5,6)7)33(25-34(32)42-23-21-37(3)4)20-13-28-9-15-30(16-10-28)27(2)39;1-2/h9-12,15-18,25-26H,8,21-24H2,1-7H3;1H2/q+1;/p+1. The van der Waals surface area contributed by atoms with Gasteiger partial charge in [-0.2, -0.15) is 0 Å². The summed E-state index contributed by atoms with van der Waals surface area (Å²) in [5, 5.41) is 0. The largest absolute Gasteiger partial charge is 0.486 e. The molecule has 8 nitrogen and oxygen atoms in total. The Labute approximate surface area is 267 Å². The van der Waals surface area contributed by atoms with E-state index in [2.05, 4.69) is 58.9 Å². The van der Waals surface area contributed by atoms with E-state index in [1.54, 1.807) is 50.2 Å². The maximum atomic E-state index is 12.0. The van der Waals surface area contributed by atoms with Crippen molar-refractivity contribution in [2.45, 2.75) is 13.8 Å². The fourth-order valence-corrected chi connectivity index (χ4v) is 3.76. The molecule has 1 N–H and O–H groups in total. The molecule has 0 saturated carbocycles. The van der Waals surface area contributed by atoms with Gasteiger partial charge in [0.15, 0.2) is 5.78 Å². The van der Waals surface area contributed by atoms with E-state index in [1.165, 1.54) is 4.90 Å². The summed E-state index contributed by atoms with van der Waals surface area (Å²) in [4.78, 5) is 32.9. The highest BCUT2D eigenvalue weighted by Crippen LogP contribution is 2.29. The van der Waals surface area contributed by atoms with E-state index in [1.807, 2.05) is 31.1 Å². The van der Waals surface area contributed by atoms with E-state index < -0.39 is 0 Å². The van der Waals surface area contributed by atoms with Crippen molar-refractivity contribution in [1.82, 2.24) is 0 Å². The van der Waals surface area contributed by atoms with E-state index in [0.29, 0.717) is 53.6 Å². The molecule has 45 heavy (non-hydrogen) atoms. The molecule has 3 rings (SSSR count). The smallest absolute Gasteiger partial charge is 0.338 e. The number of benzene rings is 3. The Morgan fingerprint density at radius 2 is 1.22 bits per heavy atom. The highest BCUT2D eigenvalue weighted by Gasteiger charge is 2.14. The van der Waals surface area contributed by atoms with Gasteiger partial charge in [-0.05, 0) is 50.2 Å². The summed E-state index contributed by atoms with van der Waals surface area (Å²) < 4.78 is 18.3. The van der Waals surface area contributed by atoms with Gasteiger partial charge < -0.3 is 28.4 Å². The number of ketones is 1. The van der Waals surface area contributed by atoms with Crippen molar-refractivity contribution in [3.05, 3.63) is 94.0 Å². The first kappa shape index (κ1) is 36.3. The molecule has 0 fully saturated rings. The van der Waals surface area contributed by atoms with Gasteiger partial charge in [0, 0.05) is 28.8 Å². The Bertz CT molecular complexity index is 1550. The summed E-state index contributed by atoms with van der Waals surface area (Å²) in [5.74, 6) is 13.8. The van der Waals surface area contributed by atoms with Gasteiger partial charge in [-0.15, -0.1) is 0 Å². The number of quaternary nitrogens is 2. The van der Waals surface area contributed by atoms with Crippen molar-refractivity contribution in [3.63, 3.8) is 0 Å². The highest BCUT2D eigenvalue weighted by atomic mass is 16.5. The molecule has 3 aromatic rings. The van der Waals surface area contributed by atoms with Crippen molar-refractivity contribution in [2.24, 2.45) is 0 Å². The van der Waals surface area contributed by atoms with Crippen LogP contribution in [0, 0.1) is 23.7 Å². The van der Waals surface area contributed by atoms with Gasteiger partial charge >= 0.3 is 5.97 Å². The molecule has 0 aliphatic carbocycles. The lowest BCUT2D eigenvalue weighted by Gasteiger charge is -2.24. The second-order valence-electron chi connectivity index (χ2n) is 11.4. The van der Waals surface area contributed by atoms with E-state index in [9.17, 15) is 9.59 Å². The average molecular weight is 613 g/mol. The van der Waals surface area contributed by atoms with Crippen LogP contribution in [0.15, 0.2) is 60.7 Å². The monoisotopic (exact) mass is 612 g/mol. The molecule has 236 valence electrons. The van der Waals surface area contributed by atoms with Crippen molar-refractivity contribution in [1.29, 1.82) is 0 Å². The summed E-state index contributed by atoms with van der Waals surface area (Å²) in [6.07, 6.45) is 0. The van der Waals surface area contributed by atoms with E-state index in [-0.39, 0.29) is 11.8 Å². The predicted molar refractivity (Wildman–Crippen MR) is 176 cm³/mol. The summed E-state index contributed by atoms with van der Waals surface area (Å²) >= 11 is 0. The number of hydrogen-bond donors (Lipinski definition) is 1. The minimum atomic E-state index is -0.358. The zero-order chi connectivity index (χ0) is 33.4. The summed E-state index contributed by atoms with van der Waals surface area (Å²) in [5.41, 5.74) is 4.04.